The van der Waals surface area contributed by atoms with Gasteiger partial charge in [-0.05, 0) is 18.6 Å². The first-order chi connectivity index (χ1) is 18.8. The number of nitrogen functional groups attached to an aromatic ring is 2. The van der Waals surface area contributed by atoms with Crippen LogP contribution in [0.1, 0.15) is 48.5 Å². The molecule has 0 bridgehead atoms. The molecule has 1 amide bonds. The molecule has 2 fully saturated rings. The second-order valence-corrected chi connectivity index (χ2v) is 10.4. The summed E-state index contributed by atoms with van der Waals surface area (Å²) in [5.41, 5.74) is 14.5. The van der Waals surface area contributed by atoms with E-state index in [4.69, 9.17) is 26.4 Å². The van der Waals surface area contributed by atoms with Crippen molar-refractivity contribution in [2.45, 2.75) is 39.2 Å². The van der Waals surface area contributed by atoms with Gasteiger partial charge in [0.1, 0.15) is 16.8 Å². The van der Waals surface area contributed by atoms with E-state index < -0.39 is 0 Å². The van der Waals surface area contributed by atoms with Crippen molar-refractivity contribution in [1.82, 2.24) is 29.5 Å². The fourth-order valence-corrected chi connectivity index (χ4v) is 5.37. The Labute approximate surface area is 228 Å². The summed E-state index contributed by atoms with van der Waals surface area (Å²) in [6.07, 6.45) is 6.28. The number of β-amino-alcohol motifs (C(OH)–C–C–N with tert-alkyl or cyclic N) is 1. The minimum Gasteiger partial charge on any atom is -0.496 e. The third-order valence-electron chi connectivity index (χ3n) is 7.27. The second-order valence-electron chi connectivity index (χ2n) is 10.4. The van der Waals surface area contributed by atoms with Crippen molar-refractivity contribution >= 4 is 28.7 Å². The molecule has 1 spiro atoms. The molecule has 0 saturated carbocycles. The zero-order valence-electron chi connectivity index (χ0n) is 22.8. The standard InChI is InChI=1S/C21H26N8O3.C6H14O/c1-32-16-6-13(19(31)28-11-21(12-28)9-27(10-21)4-5-30)2-3-14(16)8-29-17-15(7-24-29)25-20(23)26-18(17)22;1-2-3-4-5-6-7/h2-3,6-7,30H,4-5,8-12H2,1H3,(H4,22,23,25,26);7H,2-6H2,1H3. The smallest absolute Gasteiger partial charge is 0.254 e. The third-order valence-corrected chi connectivity index (χ3v) is 7.27. The molecule has 3 aromatic rings. The third kappa shape index (κ3) is 6.40. The maximum absolute atomic E-state index is 13.0. The predicted octanol–water partition coefficient (Wildman–Crippen LogP) is 1.36. The number of hydrogen-bond donors (Lipinski definition) is 4. The van der Waals surface area contributed by atoms with Crippen LogP contribution in [0, 0.1) is 5.41 Å². The van der Waals surface area contributed by atoms with Gasteiger partial charge >= 0.3 is 0 Å². The van der Waals surface area contributed by atoms with Crippen LogP contribution in [0.2, 0.25) is 0 Å². The van der Waals surface area contributed by atoms with Gasteiger partial charge in [0, 0.05) is 55.9 Å². The Morgan fingerprint density at radius 1 is 1.08 bits per heavy atom. The highest BCUT2D eigenvalue weighted by Crippen LogP contribution is 2.40. The van der Waals surface area contributed by atoms with Gasteiger partial charge in [-0.15, -0.1) is 0 Å². The molecule has 2 aliphatic heterocycles. The van der Waals surface area contributed by atoms with E-state index in [0.29, 0.717) is 42.0 Å². The van der Waals surface area contributed by atoms with Crippen LogP contribution in [-0.4, -0.2) is 98.7 Å². The van der Waals surface area contributed by atoms with Gasteiger partial charge in [-0.3, -0.25) is 14.4 Å². The summed E-state index contributed by atoms with van der Waals surface area (Å²) < 4.78 is 7.26. The Hall–Kier alpha value is -3.48. The fourth-order valence-electron chi connectivity index (χ4n) is 5.37. The maximum Gasteiger partial charge on any atom is 0.254 e. The number of aromatic nitrogens is 4. The Bertz CT molecular complexity index is 1260. The van der Waals surface area contributed by atoms with Crippen LogP contribution >= 0.6 is 0 Å². The number of amides is 1. The first kappa shape index (κ1) is 28.5. The van der Waals surface area contributed by atoms with E-state index in [1.54, 1.807) is 24.1 Å². The first-order valence-corrected chi connectivity index (χ1v) is 13.5. The number of likely N-dealkylation sites (tertiary alicyclic amines) is 2. The van der Waals surface area contributed by atoms with Gasteiger partial charge < -0.3 is 31.3 Å². The lowest BCUT2D eigenvalue weighted by Gasteiger charge is -2.60. The van der Waals surface area contributed by atoms with Gasteiger partial charge in [-0.1, -0.05) is 32.3 Å². The summed E-state index contributed by atoms with van der Waals surface area (Å²) in [6, 6.07) is 5.45. The second kappa shape index (κ2) is 12.6. The number of nitrogens with two attached hydrogens (primary N) is 2. The number of carbonyl (C=O) groups is 1. The molecule has 5 rings (SSSR count). The van der Waals surface area contributed by atoms with Gasteiger partial charge in [0.25, 0.3) is 5.91 Å². The summed E-state index contributed by atoms with van der Waals surface area (Å²) >= 11 is 0. The number of carbonyl (C=O) groups excluding carboxylic acids is 1. The van der Waals surface area contributed by atoms with Crippen LogP contribution in [0.3, 0.4) is 0 Å². The number of fused-ring (bicyclic) bond motifs is 1. The van der Waals surface area contributed by atoms with Crippen molar-refractivity contribution in [3.8, 4) is 5.75 Å². The van der Waals surface area contributed by atoms with Gasteiger partial charge in [0.2, 0.25) is 5.95 Å². The number of ether oxygens (including phenoxy) is 1. The Kier molecular flexibility index (Phi) is 9.20. The average Bonchev–Trinajstić information content (AvgIpc) is 3.28. The SMILES string of the molecule is CCCCCCO.COc1cc(C(=O)N2CC3(CN(CCO)C3)C2)ccc1Cn1ncc2nc(N)nc(N)c21. The number of aliphatic hydroxyl groups excluding tert-OH is 2. The lowest BCUT2D eigenvalue weighted by atomic mass is 9.72. The summed E-state index contributed by atoms with van der Waals surface area (Å²) in [6.45, 7) is 7.16. The first-order valence-electron chi connectivity index (χ1n) is 13.5. The topological polar surface area (TPSA) is 169 Å². The molecule has 212 valence electrons. The van der Waals surface area contributed by atoms with Gasteiger partial charge in [-0.2, -0.15) is 10.1 Å². The van der Waals surface area contributed by atoms with Gasteiger partial charge in [0.05, 0.1) is 26.5 Å². The monoisotopic (exact) mass is 540 g/mol. The van der Waals surface area contributed by atoms with Crippen molar-refractivity contribution in [3.63, 3.8) is 0 Å². The zero-order valence-corrected chi connectivity index (χ0v) is 22.8. The van der Waals surface area contributed by atoms with E-state index in [1.807, 2.05) is 17.0 Å². The molecule has 6 N–H and O–H groups in total. The Morgan fingerprint density at radius 2 is 1.85 bits per heavy atom. The van der Waals surface area contributed by atoms with E-state index in [9.17, 15) is 4.79 Å². The van der Waals surface area contributed by atoms with Gasteiger partial charge in [-0.25, -0.2) is 4.98 Å². The van der Waals surface area contributed by atoms with Crippen molar-refractivity contribution in [2.24, 2.45) is 5.41 Å². The summed E-state index contributed by atoms with van der Waals surface area (Å²) in [4.78, 5) is 25.2. The molecule has 2 saturated heterocycles. The molecular formula is C27H40N8O4. The normalized spacial score (nSPS) is 15.9. The highest BCUT2D eigenvalue weighted by molar-refractivity contribution is 5.95. The maximum atomic E-state index is 13.0. The van der Waals surface area contributed by atoms with Crippen molar-refractivity contribution in [2.75, 3.05) is 64.5 Å². The van der Waals surface area contributed by atoms with Crippen LogP contribution in [0.25, 0.3) is 11.0 Å². The number of nitrogens with zero attached hydrogens (tertiary/aromatic N) is 6. The van der Waals surface area contributed by atoms with Crippen molar-refractivity contribution in [1.29, 1.82) is 0 Å². The van der Waals surface area contributed by atoms with E-state index in [-0.39, 0.29) is 29.7 Å². The predicted molar refractivity (Wildman–Crippen MR) is 149 cm³/mol. The molecular weight excluding hydrogens is 500 g/mol. The Morgan fingerprint density at radius 3 is 2.51 bits per heavy atom. The number of rotatable bonds is 10. The average molecular weight is 541 g/mol. The van der Waals surface area contributed by atoms with Crippen LogP contribution in [-0.2, 0) is 6.54 Å². The lowest BCUT2D eigenvalue weighted by Crippen LogP contribution is -2.73. The minimum atomic E-state index is -0.00116. The molecule has 12 nitrogen and oxygen atoms in total. The van der Waals surface area contributed by atoms with Crippen LogP contribution < -0.4 is 16.2 Å². The molecule has 0 radical (unpaired) electrons. The van der Waals surface area contributed by atoms with E-state index in [0.717, 1.165) is 38.2 Å². The fraction of sp³-hybridized carbons (Fsp3) is 0.556. The number of anilines is 2. The van der Waals surface area contributed by atoms with E-state index >= 15 is 0 Å². The molecule has 4 heterocycles. The Balaban J connectivity index is 0.000000448. The molecule has 1 aromatic carbocycles. The zero-order chi connectivity index (χ0) is 28.0. The van der Waals surface area contributed by atoms with Crippen molar-refractivity contribution < 1.29 is 19.7 Å². The lowest BCUT2D eigenvalue weighted by molar-refractivity contribution is -0.101. The van der Waals surface area contributed by atoms with Crippen LogP contribution in [0.15, 0.2) is 24.4 Å². The summed E-state index contributed by atoms with van der Waals surface area (Å²) in [7, 11) is 1.58. The highest BCUT2D eigenvalue weighted by atomic mass is 16.5. The van der Waals surface area contributed by atoms with Crippen molar-refractivity contribution in [3.05, 3.63) is 35.5 Å². The van der Waals surface area contributed by atoms with Crippen LogP contribution in [0.5, 0.6) is 5.75 Å². The summed E-state index contributed by atoms with van der Waals surface area (Å²) in [5.74, 6) is 0.961. The highest BCUT2D eigenvalue weighted by Gasteiger charge is 2.52. The number of methoxy groups -OCH3 is 1. The summed E-state index contributed by atoms with van der Waals surface area (Å²) in [5, 5.41) is 21.7. The molecule has 12 heteroatoms. The molecule has 39 heavy (non-hydrogen) atoms. The number of benzene rings is 1. The number of aliphatic hydroxyl groups is 2. The van der Waals surface area contributed by atoms with Crippen LogP contribution in [0.4, 0.5) is 11.8 Å². The molecule has 2 aromatic heterocycles. The quantitative estimate of drug-likeness (QED) is 0.275. The van der Waals surface area contributed by atoms with Gasteiger partial charge in [0.15, 0.2) is 5.82 Å². The van der Waals surface area contributed by atoms with E-state index in [2.05, 4.69) is 26.9 Å². The molecule has 0 unspecified atom stereocenters. The number of hydrogen-bond acceptors (Lipinski definition) is 10. The minimum absolute atomic E-state index is 0.00116. The largest absolute Gasteiger partial charge is 0.496 e. The molecule has 2 aliphatic rings. The van der Waals surface area contributed by atoms with E-state index in [1.165, 1.54) is 19.3 Å². The molecule has 0 atom stereocenters. The number of unbranched alkanes of at least 4 members (excludes halogenated alkanes) is 3. The molecule has 0 aliphatic carbocycles.